The van der Waals surface area contributed by atoms with E-state index in [1.165, 1.54) is 0 Å². The number of fused-ring (bicyclic) bond motifs is 1. The summed E-state index contributed by atoms with van der Waals surface area (Å²) >= 11 is 0. The number of nitrogens with zero attached hydrogens (tertiary/aromatic N) is 4. The standard InChI is InChI=1S/C17H26N4O3/c1-5-20(4)17-13-11-21(10-9-14(13)18-12(3)19-17)15(22)7-8-16(23)24-6-2/h5-11H2,1-4H3. The molecule has 7 heteroatoms. The number of amides is 1. The minimum atomic E-state index is -0.325. The van der Waals surface area contributed by atoms with Gasteiger partial charge in [0.25, 0.3) is 0 Å². The Morgan fingerprint density at radius 3 is 2.67 bits per heavy atom. The first-order valence-corrected chi connectivity index (χ1v) is 8.47. The van der Waals surface area contributed by atoms with Crippen molar-refractivity contribution in [2.24, 2.45) is 0 Å². The van der Waals surface area contributed by atoms with Gasteiger partial charge in [0.2, 0.25) is 5.91 Å². The molecule has 0 spiro atoms. The maximum absolute atomic E-state index is 12.4. The van der Waals surface area contributed by atoms with Gasteiger partial charge in [0, 0.05) is 38.5 Å². The van der Waals surface area contributed by atoms with Crippen LogP contribution < -0.4 is 4.90 Å². The molecule has 24 heavy (non-hydrogen) atoms. The predicted octanol–water partition coefficient (Wildman–Crippen LogP) is 1.47. The molecule has 0 unspecified atom stereocenters. The van der Waals surface area contributed by atoms with E-state index in [1.54, 1.807) is 11.8 Å². The average Bonchev–Trinajstić information content (AvgIpc) is 2.58. The molecule has 1 aromatic heterocycles. The first-order chi connectivity index (χ1) is 11.5. The minimum Gasteiger partial charge on any atom is -0.466 e. The van der Waals surface area contributed by atoms with E-state index in [0.29, 0.717) is 26.1 Å². The molecule has 0 fully saturated rings. The zero-order valence-electron chi connectivity index (χ0n) is 15.0. The van der Waals surface area contributed by atoms with E-state index in [0.717, 1.165) is 29.4 Å². The highest BCUT2D eigenvalue weighted by molar-refractivity contribution is 5.81. The largest absolute Gasteiger partial charge is 0.466 e. The molecule has 0 aliphatic carbocycles. The van der Waals surface area contributed by atoms with Gasteiger partial charge in [-0.15, -0.1) is 0 Å². The summed E-state index contributed by atoms with van der Waals surface area (Å²) in [6.07, 6.45) is 1.02. The van der Waals surface area contributed by atoms with Crippen LogP contribution in [0.15, 0.2) is 0 Å². The summed E-state index contributed by atoms with van der Waals surface area (Å²) in [4.78, 5) is 36.8. The number of ether oxygens (including phenoxy) is 1. The van der Waals surface area contributed by atoms with Gasteiger partial charge in [-0.2, -0.15) is 0 Å². The molecule has 1 aromatic rings. The molecule has 0 aromatic carbocycles. The van der Waals surface area contributed by atoms with Crippen LogP contribution in [0.1, 0.15) is 43.8 Å². The fourth-order valence-electron chi connectivity index (χ4n) is 2.80. The van der Waals surface area contributed by atoms with Gasteiger partial charge < -0.3 is 14.5 Å². The minimum absolute atomic E-state index is 0.0284. The van der Waals surface area contributed by atoms with Crippen LogP contribution in [0.3, 0.4) is 0 Å². The van der Waals surface area contributed by atoms with E-state index in [9.17, 15) is 9.59 Å². The third-order valence-corrected chi connectivity index (χ3v) is 4.19. The van der Waals surface area contributed by atoms with Gasteiger partial charge in [-0.1, -0.05) is 0 Å². The lowest BCUT2D eigenvalue weighted by atomic mass is 10.0. The van der Waals surface area contributed by atoms with Crippen LogP contribution in [0.4, 0.5) is 5.82 Å². The molecule has 0 saturated carbocycles. The number of hydrogen-bond donors (Lipinski definition) is 0. The Bertz CT molecular complexity index is 618. The van der Waals surface area contributed by atoms with Gasteiger partial charge in [0.1, 0.15) is 11.6 Å². The highest BCUT2D eigenvalue weighted by Crippen LogP contribution is 2.26. The van der Waals surface area contributed by atoms with Crippen molar-refractivity contribution in [3.05, 3.63) is 17.1 Å². The van der Waals surface area contributed by atoms with Crippen molar-refractivity contribution >= 4 is 17.7 Å². The lowest BCUT2D eigenvalue weighted by Crippen LogP contribution is -2.38. The number of carbonyl (C=O) groups is 2. The summed E-state index contributed by atoms with van der Waals surface area (Å²) < 4.78 is 4.88. The fraction of sp³-hybridized carbons (Fsp3) is 0.647. The maximum atomic E-state index is 12.4. The number of anilines is 1. The number of carbonyl (C=O) groups excluding carboxylic acids is 2. The molecule has 0 bridgehead atoms. The van der Waals surface area contributed by atoms with E-state index < -0.39 is 0 Å². The van der Waals surface area contributed by atoms with Crippen molar-refractivity contribution in [3.63, 3.8) is 0 Å². The molecule has 0 radical (unpaired) electrons. The van der Waals surface area contributed by atoms with Crippen LogP contribution in [0, 0.1) is 6.92 Å². The molecule has 0 atom stereocenters. The molecule has 1 amide bonds. The van der Waals surface area contributed by atoms with Crippen molar-refractivity contribution < 1.29 is 14.3 Å². The third kappa shape index (κ3) is 4.21. The van der Waals surface area contributed by atoms with Gasteiger partial charge in [-0.25, -0.2) is 9.97 Å². The molecule has 0 N–H and O–H groups in total. The summed E-state index contributed by atoms with van der Waals surface area (Å²) in [6, 6.07) is 0. The highest BCUT2D eigenvalue weighted by atomic mass is 16.5. The number of rotatable bonds is 6. The van der Waals surface area contributed by atoms with Crippen molar-refractivity contribution in [1.29, 1.82) is 0 Å². The molecular formula is C17H26N4O3. The first-order valence-electron chi connectivity index (χ1n) is 8.47. The van der Waals surface area contributed by atoms with Gasteiger partial charge in [-0.05, 0) is 20.8 Å². The SMILES string of the molecule is CCOC(=O)CCC(=O)N1CCc2nc(C)nc(N(C)CC)c2C1. The first kappa shape index (κ1) is 18.2. The van der Waals surface area contributed by atoms with Crippen LogP contribution >= 0.6 is 0 Å². The Hall–Kier alpha value is -2.18. The van der Waals surface area contributed by atoms with E-state index in [-0.39, 0.29) is 24.7 Å². The highest BCUT2D eigenvalue weighted by Gasteiger charge is 2.26. The van der Waals surface area contributed by atoms with Crippen LogP contribution in [0.2, 0.25) is 0 Å². The smallest absolute Gasteiger partial charge is 0.306 e. The topological polar surface area (TPSA) is 75.6 Å². The van der Waals surface area contributed by atoms with Crippen molar-refractivity contribution in [2.45, 2.75) is 46.6 Å². The average molecular weight is 334 g/mol. The molecule has 132 valence electrons. The van der Waals surface area contributed by atoms with Crippen molar-refractivity contribution in [2.75, 3.05) is 31.6 Å². The monoisotopic (exact) mass is 334 g/mol. The van der Waals surface area contributed by atoms with E-state index in [2.05, 4.69) is 21.8 Å². The number of esters is 1. The lowest BCUT2D eigenvalue weighted by Gasteiger charge is -2.31. The molecule has 1 aliphatic rings. The zero-order valence-corrected chi connectivity index (χ0v) is 15.0. The second kappa shape index (κ2) is 8.08. The van der Waals surface area contributed by atoms with Crippen LogP contribution in [-0.4, -0.2) is 53.5 Å². The number of aryl methyl sites for hydroxylation is 1. The summed E-state index contributed by atoms with van der Waals surface area (Å²) in [5.41, 5.74) is 2.04. The maximum Gasteiger partial charge on any atom is 0.306 e. The Morgan fingerprint density at radius 2 is 2.00 bits per heavy atom. The second-order valence-corrected chi connectivity index (χ2v) is 5.90. The Balaban J connectivity index is 2.10. The van der Waals surface area contributed by atoms with E-state index >= 15 is 0 Å². The zero-order chi connectivity index (χ0) is 17.7. The van der Waals surface area contributed by atoms with Crippen LogP contribution in [-0.2, 0) is 27.3 Å². The van der Waals surface area contributed by atoms with Gasteiger partial charge >= 0.3 is 5.97 Å². The molecule has 2 heterocycles. The summed E-state index contributed by atoms with van der Waals surface area (Å²) in [6.45, 7) is 8.01. The molecule has 7 nitrogen and oxygen atoms in total. The van der Waals surface area contributed by atoms with Gasteiger partial charge in [-0.3, -0.25) is 9.59 Å². The fourth-order valence-corrected chi connectivity index (χ4v) is 2.80. The quantitative estimate of drug-likeness (QED) is 0.733. The van der Waals surface area contributed by atoms with Crippen molar-refractivity contribution in [3.8, 4) is 0 Å². The Labute approximate surface area is 143 Å². The summed E-state index contributed by atoms with van der Waals surface area (Å²) in [5.74, 6) is 1.29. The summed E-state index contributed by atoms with van der Waals surface area (Å²) in [7, 11) is 1.99. The van der Waals surface area contributed by atoms with E-state index in [4.69, 9.17) is 4.74 Å². The third-order valence-electron chi connectivity index (χ3n) is 4.19. The van der Waals surface area contributed by atoms with E-state index in [1.807, 2.05) is 14.0 Å². The van der Waals surface area contributed by atoms with Crippen LogP contribution in [0.5, 0.6) is 0 Å². The Kier molecular flexibility index (Phi) is 6.11. The molecule has 2 rings (SSSR count). The summed E-state index contributed by atoms with van der Waals surface area (Å²) in [5, 5.41) is 0. The van der Waals surface area contributed by atoms with Crippen LogP contribution in [0.25, 0.3) is 0 Å². The van der Waals surface area contributed by atoms with Crippen molar-refractivity contribution in [1.82, 2.24) is 14.9 Å². The molecule has 1 aliphatic heterocycles. The van der Waals surface area contributed by atoms with Gasteiger partial charge in [0.15, 0.2) is 0 Å². The Morgan fingerprint density at radius 1 is 1.25 bits per heavy atom. The molecular weight excluding hydrogens is 308 g/mol. The second-order valence-electron chi connectivity index (χ2n) is 5.90. The normalized spacial score (nSPS) is 13.4. The van der Waals surface area contributed by atoms with Gasteiger partial charge in [0.05, 0.1) is 25.3 Å². The number of aromatic nitrogens is 2. The molecule has 0 saturated heterocycles. The number of hydrogen-bond acceptors (Lipinski definition) is 6. The predicted molar refractivity (Wildman–Crippen MR) is 90.7 cm³/mol. The lowest BCUT2D eigenvalue weighted by molar-refractivity contribution is -0.145.